The van der Waals surface area contributed by atoms with Crippen LogP contribution >= 0.6 is 0 Å². The van der Waals surface area contributed by atoms with Crippen LogP contribution in [0.2, 0.25) is 0 Å². The minimum Gasteiger partial charge on any atom is -0.367 e. The number of halogens is 3. The molecule has 25 heavy (non-hydrogen) atoms. The maximum absolute atomic E-state index is 12.4. The van der Waals surface area contributed by atoms with Crippen LogP contribution in [0.3, 0.4) is 0 Å². The van der Waals surface area contributed by atoms with Gasteiger partial charge in [-0.15, -0.1) is 0 Å². The predicted octanol–water partition coefficient (Wildman–Crippen LogP) is 2.31. The van der Waals surface area contributed by atoms with E-state index in [2.05, 4.69) is 20.3 Å². The zero-order chi connectivity index (χ0) is 18.0. The van der Waals surface area contributed by atoms with Gasteiger partial charge in [0.05, 0.1) is 5.69 Å². The molecule has 1 amide bonds. The maximum Gasteiger partial charge on any atom is 0.397 e. The molecule has 0 radical (unpaired) electrons. The van der Waals surface area contributed by atoms with E-state index in [1.165, 1.54) is 0 Å². The summed E-state index contributed by atoms with van der Waals surface area (Å²) in [6.07, 6.45) is -0.568. The fraction of sp³-hybridized carbons (Fsp3) is 0.500. The van der Waals surface area contributed by atoms with Gasteiger partial charge in [0, 0.05) is 37.7 Å². The Kier molecular flexibility index (Phi) is 4.73. The van der Waals surface area contributed by atoms with Crippen LogP contribution in [0.15, 0.2) is 24.7 Å². The molecule has 2 aromatic rings. The van der Waals surface area contributed by atoms with Crippen molar-refractivity contribution < 1.29 is 18.0 Å². The number of nitrogens with one attached hydrogen (secondary N) is 1. The van der Waals surface area contributed by atoms with Crippen LogP contribution in [-0.2, 0) is 4.79 Å². The molecule has 3 rings (SSSR count). The Labute approximate surface area is 142 Å². The van der Waals surface area contributed by atoms with Gasteiger partial charge in [0.1, 0.15) is 11.9 Å². The minimum absolute atomic E-state index is 0.213. The number of hydrogen-bond acceptors (Lipinski definition) is 5. The van der Waals surface area contributed by atoms with Gasteiger partial charge in [0.2, 0.25) is 5.91 Å². The number of piperidine rings is 1. The summed E-state index contributed by atoms with van der Waals surface area (Å²) in [5.41, 5.74) is 1.97. The lowest BCUT2D eigenvalue weighted by Crippen LogP contribution is -2.51. The topological polar surface area (TPSA) is 71.0 Å². The van der Waals surface area contributed by atoms with Crippen molar-refractivity contribution in [2.75, 3.05) is 18.0 Å². The zero-order valence-electron chi connectivity index (χ0n) is 13.6. The number of rotatable bonds is 3. The number of nitrogens with zero attached hydrogens (tertiary/aromatic N) is 4. The smallest absolute Gasteiger partial charge is 0.367 e. The van der Waals surface area contributed by atoms with Crippen LogP contribution in [0, 0.1) is 5.92 Å². The Balaban J connectivity index is 1.77. The SMILES string of the molecule is C[C@H]1C[C@@H](NC(=O)CC(F)(F)F)CN(c2ccnc3nccnc23)C1. The third-order valence-electron chi connectivity index (χ3n) is 4.08. The molecular weight excluding hydrogens is 335 g/mol. The van der Waals surface area contributed by atoms with Crippen molar-refractivity contribution in [3.8, 4) is 0 Å². The van der Waals surface area contributed by atoms with Crippen molar-refractivity contribution in [1.29, 1.82) is 0 Å². The monoisotopic (exact) mass is 353 g/mol. The number of pyridine rings is 1. The van der Waals surface area contributed by atoms with Crippen LogP contribution in [0.25, 0.3) is 11.2 Å². The van der Waals surface area contributed by atoms with E-state index in [9.17, 15) is 18.0 Å². The summed E-state index contributed by atoms with van der Waals surface area (Å²) in [5, 5.41) is 2.50. The second kappa shape index (κ2) is 6.81. The number of fused-ring (bicyclic) bond motifs is 1. The van der Waals surface area contributed by atoms with Crippen molar-refractivity contribution in [2.45, 2.75) is 32.0 Å². The molecule has 9 heteroatoms. The molecule has 2 aromatic heterocycles. The Morgan fingerprint density at radius 2 is 1.96 bits per heavy atom. The number of aromatic nitrogens is 3. The zero-order valence-corrected chi connectivity index (χ0v) is 13.6. The molecule has 0 aliphatic carbocycles. The molecule has 1 saturated heterocycles. The van der Waals surface area contributed by atoms with Crippen molar-refractivity contribution >= 4 is 22.8 Å². The lowest BCUT2D eigenvalue weighted by molar-refractivity contribution is -0.154. The highest BCUT2D eigenvalue weighted by Crippen LogP contribution is 2.27. The van der Waals surface area contributed by atoms with E-state index < -0.39 is 18.5 Å². The van der Waals surface area contributed by atoms with Gasteiger partial charge in [-0.05, 0) is 18.4 Å². The molecule has 134 valence electrons. The molecule has 1 aliphatic rings. The molecule has 6 nitrogen and oxygen atoms in total. The quantitative estimate of drug-likeness (QED) is 0.917. The molecule has 1 aliphatic heterocycles. The van der Waals surface area contributed by atoms with Gasteiger partial charge in [0.25, 0.3) is 0 Å². The lowest BCUT2D eigenvalue weighted by Gasteiger charge is -2.38. The fourth-order valence-corrected chi connectivity index (χ4v) is 3.23. The lowest BCUT2D eigenvalue weighted by atomic mass is 9.95. The molecule has 0 spiro atoms. The van der Waals surface area contributed by atoms with Crippen molar-refractivity contribution in [2.24, 2.45) is 5.92 Å². The summed E-state index contributed by atoms with van der Waals surface area (Å²) in [5.74, 6) is -0.782. The Morgan fingerprint density at radius 3 is 2.72 bits per heavy atom. The summed E-state index contributed by atoms with van der Waals surface area (Å²) in [7, 11) is 0. The number of alkyl halides is 3. The molecule has 0 unspecified atom stereocenters. The van der Waals surface area contributed by atoms with Gasteiger partial charge in [0.15, 0.2) is 5.65 Å². The normalized spacial score (nSPS) is 21.4. The molecule has 2 atom stereocenters. The largest absolute Gasteiger partial charge is 0.397 e. The van der Waals surface area contributed by atoms with Crippen molar-refractivity contribution in [1.82, 2.24) is 20.3 Å². The van der Waals surface area contributed by atoms with E-state index in [1.54, 1.807) is 18.6 Å². The Morgan fingerprint density at radius 1 is 1.24 bits per heavy atom. The molecule has 0 saturated carbocycles. The Hall–Kier alpha value is -2.45. The first-order chi connectivity index (χ1) is 11.8. The second-order valence-electron chi connectivity index (χ2n) is 6.36. The summed E-state index contributed by atoms with van der Waals surface area (Å²) in [6, 6.07) is 1.46. The summed E-state index contributed by atoms with van der Waals surface area (Å²) >= 11 is 0. The minimum atomic E-state index is -4.50. The number of carbonyl (C=O) groups excluding carboxylic acids is 1. The first-order valence-corrected chi connectivity index (χ1v) is 7.98. The van der Waals surface area contributed by atoms with Crippen LogP contribution < -0.4 is 10.2 Å². The van der Waals surface area contributed by atoms with Crippen LogP contribution in [0.4, 0.5) is 18.9 Å². The van der Waals surface area contributed by atoms with Crippen LogP contribution in [0.1, 0.15) is 19.8 Å². The second-order valence-corrected chi connectivity index (χ2v) is 6.36. The van der Waals surface area contributed by atoms with E-state index in [1.807, 2.05) is 17.9 Å². The van der Waals surface area contributed by atoms with E-state index in [0.29, 0.717) is 24.1 Å². The highest BCUT2D eigenvalue weighted by Gasteiger charge is 2.33. The predicted molar refractivity (Wildman–Crippen MR) is 85.9 cm³/mol. The van der Waals surface area contributed by atoms with E-state index >= 15 is 0 Å². The third-order valence-corrected chi connectivity index (χ3v) is 4.08. The van der Waals surface area contributed by atoms with E-state index in [-0.39, 0.29) is 12.0 Å². The fourth-order valence-electron chi connectivity index (χ4n) is 3.23. The first-order valence-electron chi connectivity index (χ1n) is 7.98. The van der Waals surface area contributed by atoms with E-state index in [4.69, 9.17) is 0 Å². The van der Waals surface area contributed by atoms with Gasteiger partial charge in [-0.2, -0.15) is 13.2 Å². The van der Waals surface area contributed by atoms with Gasteiger partial charge >= 0.3 is 6.18 Å². The molecule has 1 N–H and O–H groups in total. The number of hydrogen-bond donors (Lipinski definition) is 1. The first kappa shape index (κ1) is 17.4. The third kappa shape index (κ3) is 4.34. The molecule has 0 bridgehead atoms. The molecule has 1 fully saturated rings. The standard InChI is InChI=1S/C16H18F3N5O/c1-10-6-11(23-13(25)7-16(17,18)19)9-24(8-10)12-2-3-21-15-14(12)20-4-5-22-15/h2-5,10-11H,6-9H2,1H3,(H,23,25)/t10-,11+/m0/s1. The van der Waals surface area contributed by atoms with Gasteiger partial charge in [-0.1, -0.05) is 6.92 Å². The van der Waals surface area contributed by atoms with E-state index in [0.717, 1.165) is 12.2 Å². The van der Waals surface area contributed by atoms with Gasteiger partial charge in [-0.25, -0.2) is 15.0 Å². The Bertz CT molecular complexity index is 762. The summed E-state index contributed by atoms with van der Waals surface area (Å²) in [4.78, 5) is 26.3. The van der Waals surface area contributed by atoms with Crippen molar-refractivity contribution in [3.63, 3.8) is 0 Å². The van der Waals surface area contributed by atoms with Crippen molar-refractivity contribution in [3.05, 3.63) is 24.7 Å². The average molecular weight is 353 g/mol. The number of carbonyl (C=O) groups is 1. The van der Waals surface area contributed by atoms with Crippen LogP contribution in [-0.4, -0.2) is 46.2 Å². The maximum atomic E-state index is 12.4. The highest BCUT2D eigenvalue weighted by atomic mass is 19.4. The highest BCUT2D eigenvalue weighted by molar-refractivity contribution is 5.85. The van der Waals surface area contributed by atoms with Gasteiger partial charge in [-0.3, -0.25) is 4.79 Å². The number of amides is 1. The molecular formula is C16H18F3N5O. The molecule has 0 aromatic carbocycles. The van der Waals surface area contributed by atoms with Gasteiger partial charge < -0.3 is 10.2 Å². The average Bonchev–Trinajstić information content (AvgIpc) is 2.51. The number of anilines is 1. The molecule has 3 heterocycles. The summed E-state index contributed by atoms with van der Waals surface area (Å²) in [6.45, 7) is 3.15. The van der Waals surface area contributed by atoms with Crippen LogP contribution in [0.5, 0.6) is 0 Å². The summed E-state index contributed by atoms with van der Waals surface area (Å²) < 4.78 is 37.1.